The number of ether oxygens (including phenoxy) is 1. The maximum absolute atomic E-state index is 12.6. The topological polar surface area (TPSA) is 39.2 Å². The smallest absolute Gasteiger partial charge is 0.418 e. The number of aromatic nitrogens is 1. The highest BCUT2D eigenvalue weighted by atomic mass is 19.4. The van der Waals surface area contributed by atoms with Crippen LogP contribution in [0.2, 0.25) is 0 Å². The van der Waals surface area contributed by atoms with Crippen molar-refractivity contribution in [2.24, 2.45) is 0 Å². The lowest BCUT2D eigenvalue weighted by atomic mass is 10.1. The fraction of sp³-hybridized carbons (Fsp3) is 0.400. The lowest BCUT2D eigenvalue weighted by Crippen LogP contribution is -2.19. The molecule has 0 aliphatic carbocycles. The summed E-state index contributed by atoms with van der Waals surface area (Å²) in [6, 6.07) is -0.167. The highest BCUT2D eigenvalue weighted by molar-refractivity contribution is 5.89. The second-order valence-corrected chi connectivity index (χ2v) is 3.34. The first-order valence-corrected chi connectivity index (χ1v) is 4.89. The van der Waals surface area contributed by atoms with Crippen LogP contribution in [-0.4, -0.2) is 17.6 Å². The second kappa shape index (κ2) is 5.06. The van der Waals surface area contributed by atoms with Crippen molar-refractivity contribution >= 4 is 5.97 Å². The monoisotopic (exact) mass is 287 g/mol. The van der Waals surface area contributed by atoms with Crippen molar-refractivity contribution in [2.75, 3.05) is 6.61 Å². The van der Waals surface area contributed by atoms with Crippen molar-refractivity contribution < 1.29 is 35.9 Å². The van der Waals surface area contributed by atoms with Gasteiger partial charge < -0.3 is 4.74 Å². The molecule has 1 aromatic rings. The average Bonchev–Trinajstić information content (AvgIpc) is 2.26. The van der Waals surface area contributed by atoms with Crippen LogP contribution in [0.15, 0.2) is 12.3 Å². The van der Waals surface area contributed by atoms with E-state index in [-0.39, 0.29) is 18.9 Å². The van der Waals surface area contributed by atoms with Crippen LogP contribution in [0.3, 0.4) is 0 Å². The van der Waals surface area contributed by atoms with E-state index in [1.807, 2.05) is 0 Å². The van der Waals surface area contributed by atoms with Gasteiger partial charge in [-0.25, -0.2) is 9.78 Å². The molecule has 1 heterocycles. The largest absolute Gasteiger partial charge is 0.461 e. The third-order valence-electron chi connectivity index (χ3n) is 1.99. The van der Waals surface area contributed by atoms with Gasteiger partial charge >= 0.3 is 18.3 Å². The Bertz CT molecular complexity index is 480. The summed E-state index contributed by atoms with van der Waals surface area (Å²) in [5.74, 6) is -1.43. The van der Waals surface area contributed by atoms with Gasteiger partial charge in [-0.15, -0.1) is 0 Å². The molecule has 0 spiro atoms. The van der Waals surface area contributed by atoms with Gasteiger partial charge in [0.25, 0.3) is 0 Å². The molecule has 0 atom stereocenters. The Labute approximate surface area is 103 Å². The molecule has 0 bridgehead atoms. The van der Waals surface area contributed by atoms with Gasteiger partial charge in [-0.1, -0.05) is 0 Å². The zero-order valence-corrected chi connectivity index (χ0v) is 9.39. The van der Waals surface area contributed by atoms with Crippen molar-refractivity contribution in [3.63, 3.8) is 0 Å². The van der Waals surface area contributed by atoms with Crippen LogP contribution in [0.4, 0.5) is 26.3 Å². The first-order valence-electron chi connectivity index (χ1n) is 4.89. The van der Waals surface area contributed by atoms with Crippen molar-refractivity contribution in [3.05, 3.63) is 29.1 Å². The maximum atomic E-state index is 12.6. The third kappa shape index (κ3) is 3.58. The van der Waals surface area contributed by atoms with Crippen LogP contribution in [0, 0.1) is 0 Å². The Morgan fingerprint density at radius 2 is 1.79 bits per heavy atom. The Morgan fingerprint density at radius 1 is 1.21 bits per heavy atom. The zero-order chi connectivity index (χ0) is 14.8. The summed E-state index contributed by atoms with van der Waals surface area (Å²) in [6.45, 7) is 1.12. The molecule has 0 aromatic carbocycles. The van der Waals surface area contributed by atoms with Crippen LogP contribution >= 0.6 is 0 Å². The number of carbonyl (C=O) groups excluding carboxylic acids is 1. The van der Waals surface area contributed by atoms with Crippen molar-refractivity contribution in [2.45, 2.75) is 19.3 Å². The Morgan fingerprint density at radius 3 is 2.21 bits per heavy atom. The van der Waals surface area contributed by atoms with Crippen LogP contribution in [0.1, 0.15) is 28.5 Å². The fourth-order valence-corrected chi connectivity index (χ4v) is 1.20. The maximum Gasteiger partial charge on any atom is 0.418 e. The molecule has 0 unspecified atom stereocenters. The van der Waals surface area contributed by atoms with Crippen LogP contribution in [0.5, 0.6) is 0 Å². The van der Waals surface area contributed by atoms with Gasteiger partial charge in [0, 0.05) is 6.20 Å². The Hall–Kier alpha value is -1.80. The molecule has 0 amide bonds. The number of rotatable bonds is 2. The molecule has 0 fully saturated rings. The number of carbonyl (C=O) groups is 1. The predicted molar refractivity (Wildman–Crippen MR) is 50.2 cm³/mol. The number of esters is 1. The van der Waals surface area contributed by atoms with Crippen molar-refractivity contribution in [1.29, 1.82) is 0 Å². The van der Waals surface area contributed by atoms with E-state index < -0.39 is 35.1 Å². The summed E-state index contributed by atoms with van der Waals surface area (Å²) >= 11 is 0. The lowest BCUT2D eigenvalue weighted by molar-refractivity contribution is -0.143. The Balaban J connectivity index is 3.38. The van der Waals surface area contributed by atoms with E-state index >= 15 is 0 Å². The molecule has 9 heteroatoms. The Kier molecular flexibility index (Phi) is 4.06. The molecule has 0 saturated heterocycles. The number of hydrogen-bond acceptors (Lipinski definition) is 3. The van der Waals surface area contributed by atoms with E-state index in [9.17, 15) is 31.1 Å². The van der Waals surface area contributed by atoms with Gasteiger partial charge in [-0.3, -0.25) is 0 Å². The van der Waals surface area contributed by atoms with Crippen LogP contribution in [-0.2, 0) is 17.1 Å². The number of nitrogens with zero attached hydrogens (tertiary/aromatic N) is 1. The van der Waals surface area contributed by atoms with Crippen molar-refractivity contribution in [1.82, 2.24) is 4.98 Å². The number of pyridine rings is 1. The van der Waals surface area contributed by atoms with Crippen LogP contribution < -0.4 is 0 Å². The molecule has 3 nitrogen and oxygen atoms in total. The molecule has 0 aliphatic heterocycles. The molecule has 0 saturated carbocycles. The normalized spacial score (nSPS) is 12.4. The highest BCUT2D eigenvalue weighted by Gasteiger charge is 2.40. The molecular weight excluding hydrogens is 280 g/mol. The highest BCUT2D eigenvalue weighted by Crippen LogP contribution is 2.36. The predicted octanol–water partition coefficient (Wildman–Crippen LogP) is 3.30. The summed E-state index contributed by atoms with van der Waals surface area (Å²) in [7, 11) is 0. The van der Waals surface area contributed by atoms with Crippen LogP contribution in [0.25, 0.3) is 0 Å². The molecular formula is C10H7F6NO2. The van der Waals surface area contributed by atoms with Gasteiger partial charge in [-0.2, -0.15) is 26.3 Å². The van der Waals surface area contributed by atoms with Gasteiger partial charge in [-0.05, 0) is 13.0 Å². The molecule has 0 aliphatic rings. The standard InChI is InChI=1S/C10H7F6NO2/c1-2-19-8(18)7-6(10(14,15)16)3-5(4-17-7)9(11,12)13/h3-4H,2H2,1H3. The van der Waals surface area contributed by atoms with Gasteiger partial charge in [0.1, 0.15) is 0 Å². The number of hydrogen-bond donors (Lipinski definition) is 0. The summed E-state index contributed by atoms with van der Waals surface area (Å²) in [5, 5.41) is 0. The van der Waals surface area contributed by atoms with E-state index in [0.717, 1.165) is 0 Å². The molecule has 1 aromatic heterocycles. The minimum Gasteiger partial charge on any atom is -0.461 e. The van der Waals surface area contributed by atoms with Gasteiger partial charge in [0.05, 0.1) is 17.7 Å². The third-order valence-corrected chi connectivity index (χ3v) is 1.99. The SMILES string of the molecule is CCOC(=O)c1ncc(C(F)(F)F)cc1C(F)(F)F. The summed E-state index contributed by atoms with van der Waals surface area (Å²) in [5.41, 5.74) is -4.56. The number of alkyl halides is 6. The molecule has 1 rings (SSSR count). The fourth-order valence-electron chi connectivity index (χ4n) is 1.20. The first kappa shape index (κ1) is 15.3. The summed E-state index contributed by atoms with van der Waals surface area (Å²) < 4.78 is 79.1. The van der Waals surface area contributed by atoms with E-state index in [4.69, 9.17) is 0 Å². The van der Waals surface area contributed by atoms with E-state index in [0.29, 0.717) is 0 Å². The minimum atomic E-state index is -5.14. The molecule has 19 heavy (non-hydrogen) atoms. The zero-order valence-electron chi connectivity index (χ0n) is 9.39. The van der Waals surface area contributed by atoms with E-state index in [1.165, 1.54) is 6.92 Å². The van der Waals surface area contributed by atoms with E-state index in [2.05, 4.69) is 9.72 Å². The minimum absolute atomic E-state index is 0.154. The average molecular weight is 287 g/mol. The summed E-state index contributed by atoms with van der Waals surface area (Å²) in [4.78, 5) is 14.1. The quantitative estimate of drug-likeness (QED) is 0.619. The number of halogens is 6. The first-order chi connectivity index (χ1) is 8.57. The molecule has 0 N–H and O–H groups in total. The van der Waals surface area contributed by atoms with Gasteiger partial charge in [0.15, 0.2) is 5.69 Å². The van der Waals surface area contributed by atoms with Crippen molar-refractivity contribution in [3.8, 4) is 0 Å². The molecule has 0 radical (unpaired) electrons. The second-order valence-electron chi connectivity index (χ2n) is 3.34. The summed E-state index contributed by atoms with van der Waals surface area (Å²) in [6.07, 6.45) is -9.97. The lowest BCUT2D eigenvalue weighted by Gasteiger charge is -2.14. The molecule has 106 valence electrons. The van der Waals surface area contributed by atoms with E-state index in [1.54, 1.807) is 0 Å². The van der Waals surface area contributed by atoms with Gasteiger partial charge in [0.2, 0.25) is 0 Å².